The fourth-order valence-electron chi connectivity index (χ4n) is 2.39. The second kappa shape index (κ2) is 7.74. The Labute approximate surface area is 110 Å². The molecule has 1 saturated heterocycles. The molecule has 2 aliphatic rings. The summed E-state index contributed by atoms with van der Waals surface area (Å²) in [6.45, 7) is 4.42. The Morgan fingerprint density at radius 3 is 2.89 bits per heavy atom. The number of amides is 1. The van der Waals surface area contributed by atoms with Crippen LogP contribution in [0.4, 0.5) is 0 Å². The predicted octanol–water partition coefficient (Wildman–Crippen LogP) is 1.31. The van der Waals surface area contributed by atoms with Gasteiger partial charge in [0, 0.05) is 19.6 Å². The fourth-order valence-corrected chi connectivity index (χ4v) is 2.39. The zero-order valence-corrected chi connectivity index (χ0v) is 11.2. The third kappa shape index (κ3) is 5.83. The summed E-state index contributed by atoms with van der Waals surface area (Å²) in [5.41, 5.74) is 0. The third-order valence-electron chi connectivity index (χ3n) is 3.80. The smallest absolute Gasteiger partial charge is 0.220 e. The van der Waals surface area contributed by atoms with Crippen molar-refractivity contribution in [2.75, 3.05) is 32.8 Å². The molecule has 0 spiro atoms. The van der Waals surface area contributed by atoms with E-state index in [1.54, 1.807) is 0 Å². The Morgan fingerprint density at radius 2 is 2.17 bits per heavy atom. The van der Waals surface area contributed by atoms with Crippen LogP contribution in [0.2, 0.25) is 0 Å². The normalized spacial score (nSPS) is 23.9. The maximum atomic E-state index is 11.6. The van der Waals surface area contributed by atoms with E-state index in [2.05, 4.69) is 10.6 Å². The van der Waals surface area contributed by atoms with Crippen LogP contribution in [-0.2, 0) is 9.53 Å². The zero-order valence-electron chi connectivity index (χ0n) is 11.2. The van der Waals surface area contributed by atoms with Crippen LogP contribution in [-0.4, -0.2) is 38.8 Å². The lowest BCUT2D eigenvalue weighted by Crippen LogP contribution is -2.32. The minimum Gasteiger partial charge on any atom is -0.379 e. The van der Waals surface area contributed by atoms with Gasteiger partial charge in [-0.15, -0.1) is 0 Å². The van der Waals surface area contributed by atoms with E-state index in [1.165, 1.54) is 25.7 Å². The van der Waals surface area contributed by atoms with Crippen molar-refractivity contribution < 1.29 is 9.53 Å². The Balaban J connectivity index is 1.41. The molecule has 2 N–H and O–H groups in total. The molecule has 4 nitrogen and oxygen atoms in total. The molecule has 1 saturated carbocycles. The van der Waals surface area contributed by atoms with E-state index in [0.717, 1.165) is 32.0 Å². The van der Waals surface area contributed by atoms with Gasteiger partial charge in [0.05, 0.1) is 6.61 Å². The van der Waals surface area contributed by atoms with Crippen LogP contribution in [0.1, 0.15) is 38.5 Å². The second-order valence-corrected chi connectivity index (χ2v) is 5.62. The molecule has 0 aromatic carbocycles. The lowest BCUT2D eigenvalue weighted by Gasteiger charge is -2.22. The number of rotatable bonds is 8. The van der Waals surface area contributed by atoms with Crippen molar-refractivity contribution in [3.8, 4) is 0 Å². The van der Waals surface area contributed by atoms with Gasteiger partial charge in [-0.1, -0.05) is 0 Å². The summed E-state index contributed by atoms with van der Waals surface area (Å²) < 4.78 is 5.48. The molecule has 104 valence electrons. The summed E-state index contributed by atoms with van der Waals surface area (Å²) in [4.78, 5) is 11.6. The summed E-state index contributed by atoms with van der Waals surface area (Å²) in [6.07, 6.45) is 6.84. The van der Waals surface area contributed by atoms with Crippen molar-refractivity contribution in [1.29, 1.82) is 0 Å². The molecule has 18 heavy (non-hydrogen) atoms. The lowest BCUT2D eigenvalue weighted by molar-refractivity contribution is -0.121. The van der Waals surface area contributed by atoms with E-state index in [0.29, 0.717) is 25.5 Å². The molecule has 0 radical (unpaired) electrons. The highest BCUT2D eigenvalue weighted by atomic mass is 16.5. The van der Waals surface area contributed by atoms with Crippen molar-refractivity contribution >= 4 is 5.91 Å². The van der Waals surface area contributed by atoms with E-state index in [1.807, 2.05) is 0 Å². The van der Waals surface area contributed by atoms with Crippen molar-refractivity contribution in [2.24, 2.45) is 11.8 Å². The first kappa shape index (κ1) is 13.8. The van der Waals surface area contributed by atoms with Gasteiger partial charge in [0.1, 0.15) is 0 Å². The van der Waals surface area contributed by atoms with Gasteiger partial charge in [0.2, 0.25) is 5.91 Å². The van der Waals surface area contributed by atoms with Crippen molar-refractivity contribution in [2.45, 2.75) is 38.5 Å². The maximum absolute atomic E-state index is 11.6. The van der Waals surface area contributed by atoms with Gasteiger partial charge < -0.3 is 15.4 Å². The molecule has 1 aliphatic carbocycles. The van der Waals surface area contributed by atoms with E-state index in [9.17, 15) is 4.79 Å². The first-order chi connectivity index (χ1) is 8.84. The first-order valence-electron chi connectivity index (χ1n) is 7.40. The van der Waals surface area contributed by atoms with Crippen LogP contribution in [0.15, 0.2) is 0 Å². The maximum Gasteiger partial charge on any atom is 0.220 e. The fraction of sp³-hybridized carbons (Fsp3) is 0.929. The number of hydrogen-bond acceptors (Lipinski definition) is 3. The molecular formula is C14H26N2O2. The van der Waals surface area contributed by atoms with E-state index in [4.69, 9.17) is 4.74 Å². The number of carbonyl (C=O) groups is 1. The van der Waals surface area contributed by atoms with Gasteiger partial charge in [-0.25, -0.2) is 0 Å². The summed E-state index contributed by atoms with van der Waals surface area (Å²) in [5.74, 6) is 1.67. The SMILES string of the molecule is O=C(CCC1CCCNC1)NCCOCC1CC1. The van der Waals surface area contributed by atoms with Gasteiger partial charge in [-0.3, -0.25) is 4.79 Å². The minimum absolute atomic E-state index is 0.176. The number of piperidine rings is 1. The number of hydrogen-bond donors (Lipinski definition) is 2. The molecule has 1 amide bonds. The molecule has 0 bridgehead atoms. The molecule has 1 aliphatic heterocycles. The van der Waals surface area contributed by atoms with Gasteiger partial charge in [0.25, 0.3) is 0 Å². The highest BCUT2D eigenvalue weighted by Gasteiger charge is 2.20. The molecule has 0 aromatic rings. The molecule has 2 fully saturated rings. The summed E-state index contributed by atoms with van der Waals surface area (Å²) in [6, 6.07) is 0. The highest BCUT2D eigenvalue weighted by molar-refractivity contribution is 5.75. The predicted molar refractivity (Wildman–Crippen MR) is 71.4 cm³/mol. The molecule has 2 rings (SSSR count). The minimum atomic E-state index is 0.176. The molecule has 1 atom stereocenters. The van der Waals surface area contributed by atoms with E-state index < -0.39 is 0 Å². The second-order valence-electron chi connectivity index (χ2n) is 5.62. The van der Waals surface area contributed by atoms with Crippen molar-refractivity contribution in [3.05, 3.63) is 0 Å². The Hall–Kier alpha value is -0.610. The molecular weight excluding hydrogens is 228 g/mol. The summed E-state index contributed by atoms with van der Waals surface area (Å²) in [7, 11) is 0. The van der Waals surface area contributed by atoms with Gasteiger partial charge in [0.15, 0.2) is 0 Å². The monoisotopic (exact) mass is 254 g/mol. The van der Waals surface area contributed by atoms with Crippen LogP contribution in [0.3, 0.4) is 0 Å². The molecule has 1 unspecified atom stereocenters. The van der Waals surface area contributed by atoms with Crippen LogP contribution < -0.4 is 10.6 Å². The Morgan fingerprint density at radius 1 is 1.28 bits per heavy atom. The van der Waals surface area contributed by atoms with Crippen LogP contribution in [0.5, 0.6) is 0 Å². The average Bonchev–Trinajstić information content (AvgIpc) is 3.21. The van der Waals surface area contributed by atoms with Crippen LogP contribution >= 0.6 is 0 Å². The van der Waals surface area contributed by atoms with Crippen LogP contribution in [0.25, 0.3) is 0 Å². The lowest BCUT2D eigenvalue weighted by atomic mass is 9.94. The Kier molecular flexibility index (Phi) is 5.94. The largest absolute Gasteiger partial charge is 0.379 e. The molecule has 4 heteroatoms. The average molecular weight is 254 g/mol. The quantitative estimate of drug-likeness (QED) is 0.642. The van der Waals surface area contributed by atoms with Crippen molar-refractivity contribution in [3.63, 3.8) is 0 Å². The molecule has 0 aromatic heterocycles. The summed E-state index contributed by atoms with van der Waals surface area (Å²) in [5, 5.41) is 6.32. The topological polar surface area (TPSA) is 50.4 Å². The van der Waals surface area contributed by atoms with E-state index in [-0.39, 0.29) is 5.91 Å². The van der Waals surface area contributed by atoms with Crippen LogP contribution in [0, 0.1) is 11.8 Å². The summed E-state index contributed by atoms with van der Waals surface area (Å²) >= 11 is 0. The van der Waals surface area contributed by atoms with E-state index >= 15 is 0 Å². The zero-order chi connectivity index (χ0) is 12.6. The highest BCUT2D eigenvalue weighted by Crippen LogP contribution is 2.28. The first-order valence-corrected chi connectivity index (χ1v) is 7.40. The van der Waals surface area contributed by atoms with Gasteiger partial charge in [-0.05, 0) is 57.0 Å². The van der Waals surface area contributed by atoms with Gasteiger partial charge in [-0.2, -0.15) is 0 Å². The number of carbonyl (C=O) groups excluding carboxylic acids is 1. The number of ether oxygens (including phenoxy) is 1. The third-order valence-corrected chi connectivity index (χ3v) is 3.80. The van der Waals surface area contributed by atoms with Gasteiger partial charge >= 0.3 is 0 Å². The standard InChI is InChI=1S/C14H26N2O2/c17-14(6-5-12-2-1-7-15-10-12)16-8-9-18-11-13-3-4-13/h12-13,15H,1-11H2,(H,16,17). The van der Waals surface area contributed by atoms with Crippen molar-refractivity contribution in [1.82, 2.24) is 10.6 Å². The number of nitrogens with one attached hydrogen (secondary N) is 2. The molecule has 1 heterocycles. The Bertz CT molecular complexity index is 248.